The molecule has 0 bridgehead atoms. The number of alkyl halides is 3. The van der Waals surface area contributed by atoms with E-state index in [2.05, 4.69) is 24.8 Å². The van der Waals surface area contributed by atoms with Gasteiger partial charge in [0, 0.05) is 44.2 Å². The van der Waals surface area contributed by atoms with Crippen LogP contribution in [-0.4, -0.2) is 72.5 Å². The van der Waals surface area contributed by atoms with Crippen molar-refractivity contribution in [1.29, 1.82) is 0 Å². The van der Waals surface area contributed by atoms with Crippen molar-refractivity contribution < 1.29 is 22.6 Å². The maximum atomic E-state index is 13.7. The highest BCUT2D eigenvalue weighted by atomic mass is 35.5. The zero-order valence-electron chi connectivity index (χ0n) is 15.8. The van der Waals surface area contributed by atoms with Crippen LogP contribution in [0, 0.1) is 0 Å². The smallest absolute Gasteiger partial charge is 0.378 e. The molecule has 30 heavy (non-hydrogen) atoms. The Hall–Kier alpha value is -2.44. The molecule has 2 aromatic rings. The van der Waals surface area contributed by atoms with Gasteiger partial charge in [-0.05, 0) is 6.07 Å². The largest absolute Gasteiger partial charge is 0.417 e. The van der Waals surface area contributed by atoms with Gasteiger partial charge in [-0.15, -0.1) is 0 Å². The Labute approximate surface area is 175 Å². The van der Waals surface area contributed by atoms with Crippen molar-refractivity contribution in [3.8, 4) is 11.4 Å². The van der Waals surface area contributed by atoms with E-state index in [1.807, 2.05) is 9.80 Å². The Morgan fingerprint density at radius 1 is 0.900 bits per heavy atom. The van der Waals surface area contributed by atoms with Crippen LogP contribution in [0.3, 0.4) is 0 Å². The summed E-state index contributed by atoms with van der Waals surface area (Å²) >= 11 is 5.44. The van der Waals surface area contributed by atoms with Gasteiger partial charge in [-0.3, -0.25) is 4.84 Å². The molecular weight excluding hydrogens is 427 g/mol. The van der Waals surface area contributed by atoms with Crippen molar-refractivity contribution in [2.45, 2.75) is 6.18 Å². The number of hydrogen-bond acceptors (Lipinski definition) is 9. The summed E-state index contributed by atoms with van der Waals surface area (Å²) in [7, 11) is 0. The molecule has 0 spiro atoms. The predicted octanol–water partition coefficient (Wildman–Crippen LogP) is 2.19. The van der Waals surface area contributed by atoms with Gasteiger partial charge in [0.2, 0.25) is 11.9 Å². The maximum Gasteiger partial charge on any atom is 0.417 e. The lowest BCUT2D eigenvalue weighted by Crippen LogP contribution is -2.40. The van der Waals surface area contributed by atoms with Gasteiger partial charge in [0.05, 0.1) is 37.6 Å². The summed E-state index contributed by atoms with van der Waals surface area (Å²) in [6.45, 7) is 4.07. The van der Waals surface area contributed by atoms with Gasteiger partial charge in [0.1, 0.15) is 5.82 Å². The standard InChI is InChI=1S/C17H19ClF3N7O2/c18-26-13-9-12(17(19,20)21)11(10-22-13)14-23-15(27-1-5-29-6-2-27)25-16(24-14)28-3-7-30-8-4-28/h9-10H,1-8H2,(H,22,26). The van der Waals surface area contributed by atoms with Crippen LogP contribution >= 0.6 is 11.8 Å². The molecule has 2 aliphatic rings. The molecule has 2 saturated heterocycles. The van der Waals surface area contributed by atoms with Crippen molar-refractivity contribution >= 4 is 29.5 Å². The summed E-state index contributed by atoms with van der Waals surface area (Å²) in [4.78, 5) is 23.0. The summed E-state index contributed by atoms with van der Waals surface area (Å²) in [6.07, 6.45) is -3.58. The van der Waals surface area contributed by atoms with E-state index in [9.17, 15) is 13.2 Å². The lowest BCUT2D eigenvalue weighted by atomic mass is 10.1. The monoisotopic (exact) mass is 445 g/mol. The number of halogens is 4. The van der Waals surface area contributed by atoms with E-state index in [1.165, 1.54) is 0 Å². The molecular formula is C17H19ClF3N7O2. The Balaban J connectivity index is 1.82. The van der Waals surface area contributed by atoms with Gasteiger partial charge in [-0.2, -0.15) is 28.1 Å². The van der Waals surface area contributed by atoms with Gasteiger partial charge >= 0.3 is 6.18 Å². The second-order valence-electron chi connectivity index (χ2n) is 6.67. The molecule has 0 aliphatic carbocycles. The fourth-order valence-electron chi connectivity index (χ4n) is 3.20. The van der Waals surface area contributed by atoms with Gasteiger partial charge in [0.25, 0.3) is 0 Å². The van der Waals surface area contributed by atoms with Gasteiger partial charge in [0.15, 0.2) is 5.82 Å². The van der Waals surface area contributed by atoms with Gasteiger partial charge in [-0.25, -0.2) is 4.98 Å². The van der Waals surface area contributed by atoms with Crippen molar-refractivity contribution in [1.82, 2.24) is 19.9 Å². The molecule has 4 rings (SSSR count). The highest BCUT2D eigenvalue weighted by molar-refractivity contribution is 6.23. The minimum Gasteiger partial charge on any atom is -0.378 e. The molecule has 162 valence electrons. The average molecular weight is 446 g/mol. The number of rotatable bonds is 4. The summed E-state index contributed by atoms with van der Waals surface area (Å²) < 4.78 is 51.9. The number of hydrogen-bond donors (Lipinski definition) is 1. The number of nitrogens with one attached hydrogen (secondary N) is 1. The molecule has 0 unspecified atom stereocenters. The van der Waals surface area contributed by atoms with Crippen molar-refractivity contribution in [3.63, 3.8) is 0 Å². The molecule has 1 N–H and O–H groups in total. The van der Waals surface area contributed by atoms with Crippen LogP contribution in [0.5, 0.6) is 0 Å². The number of nitrogens with zero attached hydrogens (tertiary/aromatic N) is 6. The Kier molecular flexibility index (Phi) is 6.06. The predicted molar refractivity (Wildman–Crippen MR) is 104 cm³/mol. The molecule has 0 saturated carbocycles. The van der Waals surface area contributed by atoms with Gasteiger partial charge < -0.3 is 19.3 Å². The fraction of sp³-hybridized carbons (Fsp3) is 0.529. The highest BCUT2D eigenvalue weighted by Gasteiger charge is 2.36. The molecule has 0 aromatic carbocycles. The molecule has 9 nitrogen and oxygen atoms in total. The van der Waals surface area contributed by atoms with Crippen LogP contribution in [-0.2, 0) is 15.7 Å². The van der Waals surface area contributed by atoms with Crippen LogP contribution in [0.25, 0.3) is 11.4 Å². The van der Waals surface area contributed by atoms with Crippen molar-refractivity contribution in [2.24, 2.45) is 0 Å². The first kappa shape index (κ1) is 20.8. The third-order valence-electron chi connectivity index (χ3n) is 4.75. The number of morpholine rings is 2. The molecule has 0 atom stereocenters. The topological polar surface area (TPSA) is 88.5 Å². The molecule has 2 aromatic heterocycles. The first-order valence-electron chi connectivity index (χ1n) is 9.31. The quantitative estimate of drug-likeness (QED) is 0.711. The first-order chi connectivity index (χ1) is 14.5. The number of ether oxygens (including phenoxy) is 2. The van der Waals surface area contributed by atoms with E-state index >= 15 is 0 Å². The molecule has 2 fully saturated rings. The minimum absolute atomic E-state index is 0.103. The lowest BCUT2D eigenvalue weighted by Gasteiger charge is -2.30. The summed E-state index contributed by atoms with van der Waals surface area (Å²) in [5.74, 6) is 0.382. The molecule has 0 amide bonds. The molecule has 4 heterocycles. The zero-order chi connectivity index (χ0) is 21.1. The van der Waals surface area contributed by atoms with Crippen LogP contribution < -0.4 is 14.6 Å². The number of pyridine rings is 1. The molecule has 13 heteroatoms. The van der Waals surface area contributed by atoms with E-state index in [4.69, 9.17) is 21.3 Å². The van der Waals surface area contributed by atoms with E-state index in [0.717, 1.165) is 12.3 Å². The van der Waals surface area contributed by atoms with Crippen LogP contribution in [0.15, 0.2) is 12.3 Å². The highest BCUT2D eigenvalue weighted by Crippen LogP contribution is 2.37. The average Bonchev–Trinajstić information content (AvgIpc) is 2.79. The summed E-state index contributed by atoms with van der Waals surface area (Å²) in [5.41, 5.74) is -1.18. The van der Waals surface area contributed by atoms with Gasteiger partial charge in [-0.1, -0.05) is 0 Å². The second-order valence-corrected chi connectivity index (χ2v) is 6.85. The molecule has 0 radical (unpaired) electrons. The van der Waals surface area contributed by atoms with E-state index in [0.29, 0.717) is 64.5 Å². The third-order valence-corrected chi connectivity index (χ3v) is 4.94. The normalized spacial score (nSPS) is 17.9. The Bertz CT molecular complexity index is 854. The van der Waals surface area contributed by atoms with E-state index in [1.54, 1.807) is 0 Å². The lowest BCUT2D eigenvalue weighted by molar-refractivity contribution is -0.137. The van der Waals surface area contributed by atoms with E-state index < -0.39 is 11.7 Å². The van der Waals surface area contributed by atoms with Crippen molar-refractivity contribution in [2.75, 3.05) is 67.2 Å². The minimum atomic E-state index is -4.65. The number of aromatic nitrogens is 4. The Morgan fingerprint density at radius 3 is 1.90 bits per heavy atom. The fourth-order valence-corrected chi connectivity index (χ4v) is 3.31. The van der Waals surface area contributed by atoms with Crippen LogP contribution in [0.2, 0.25) is 0 Å². The first-order valence-corrected chi connectivity index (χ1v) is 9.69. The summed E-state index contributed by atoms with van der Waals surface area (Å²) in [5, 5.41) is 0. The second kappa shape index (κ2) is 8.74. The number of anilines is 3. The molecule has 2 aliphatic heterocycles. The maximum absolute atomic E-state index is 13.7. The Morgan fingerprint density at radius 2 is 1.43 bits per heavy atom. The van der Waals surface area contributed by atoms with Crippen molar-refractivity contribution in [3.05, 3.63) is 17.8 Å². The summed E-state index contributed by atoms with van der Waals surface area (Å²) in [6, 6.07) is 0.828. The van der Waals surface area contributed by atoms with Crippen LogP contribution in [0.4, 0.5) is 30.9 Å². The third kappa shape index (κ3) is 4.50. The zero-order valence-corrected chi connectivity index (χ0v) is 16.6. The van der Waals surface area contributed by atoms with Crippen LogP contribution in [0.1, 0.15) is 5.56 Å². The van der Waals surface area contributed by atoms with E-state index in [-0.39, 0.29) is 17.2 Å². The SMILES string of the molecule is FC(F)(F)c1cc(NCl)ncc1-c1nc(N2CCOCC2)nc(N2CCOCC2)n1.